The van der Waals surface area contributed by atoms with Crippen LogP contribution in [0.1, 0.15) is 12.5 Å². The van der Waals surface area contributed by atoms with Crippen molar-refractivity contribution in [1.82, 2.24) is 0 Å². The number of nitrogens with one attached hydrogen (secondary N) is 1. The van der Waals surface area contributed by atoms with Gasteiger partial charge in [-0.2, -0.15) is 0 Å². The van der Waals surface area contributed by atoms with Crippen LogP contribution in [0.4, 0.5) is 5.69 Å². The van der Waals surface area contributed by atoms with Crippen LogP contribution in [0.3, 0.4) is 0 Å². The van der Waals surface area contributed by atoms with Crippen molar-refractivity contribution >= 4 is 11.7 Å². The Labute approximate surface area is 90.1 Å². The molecule has 4 N–H and O–H groups in total. The summed E-state index contributed by atoms with van der Waals surface area (Å²) in [6.45, 7) is 4.67. The third-order valence-corrected chi connectivity index (χ3v) is 1.53. The molecular formula is C11H18N2O2. The van der Waals surface area contributed by atoms with E-state index in [0.717, 1.165) is 19.2 Å². The number of carboxylic acid groups (broad SMARTS) is 1. The minimum atomic E-state index is -0.833. The molecule has 0 unspecified atom stereocenters. The molecule has 0 aliphatic rings. The average molecular weight is 210 g/mol. The summed E-state index contributed by atoms with van der Waals surface area (Å²) in [5.41, 5.74) is 7.76. The summed E-state index contributed by atoms with van der Waals surface area (Å²) >= 11 is 0. The second kappa shape index (κ2) is 7.82. The Morgan fingerprint density at radius 1 is 1.40 bits per heavy atom. The minimum Gasteiger partial charge on any atom is -0.481 e. The molecule has 0 aromatic heterocycles. The Morgan fingerprint density at radius 3 is 2.27 bits per heavy atom. The van der Waals surface area contributed by atoms with Crippen LogP contribution in [0.15, 0.2) is 24.3 Å². The number of rotatable bonds is 3. The van der Waals surface area contributed by atoms with Crippen molar-refractivity contribution in [1.29, 1.82) is 0 Å². The van der Waals surface area contributed by atoms with E-state index in [-0.39, 0.29) is 0 Å². The van der Waals surface area contributed by atoms with Gasteiger partial charge in [0.15, 0.2) is 0 Å². The molecule has 0 aliphatic carbocycles. The number of anilines is 1. The van der Waals surface area contributed by atoms with Gasteiger partial charge in [0.2, 0.25) is 0 Å². The van der Waals surface area contributed by atoms with Gasteiger partial charge in [-0.25, -0.2) is 0 Å². The van der Waals surface area contributed by atoms with E-state index in [2.05, 4.69) is 36.5 Å². The van der Waals surface area contributed by atoms with E-state index >= 15 is 0 Å². The molecule has 1 aromatic rings. The highest BCUT2D eigenvalue weighted by atomic mass is 16.4. The molecule has 1 rings (SSSR count). The fraction of sp³-hybridized carbons (Fsp3) is 0.364. The highest BCUT2D eigenvalue weighted by molar-refractivity contribution is 5.62. The number of aliphatic carboxylic acids is 1. The summed E-state index contributed by atoms with van der Waals surface area (Å²) in [7, 11) is 0. The summed E-state index contributed by atoms with van der Waals surface area (Å²) in [6, 6.07) is 8.29. The first kappa shape index (κ1) is 13.4. The van der Waals surface area contributed by atoms with Gasteiger partial charge in [-0.15, -0.1) is 0 Å². The second-order valence-electron chi connectivity index (χ2n) is 3.10. The minimum absolute atomic E-state index is 0.674. The van der Waals surface area contributed by atoms with Crippen LogP contribution in [0, 0.1) is 6.92 Å². The molecule has 0 radical (unpaired) electrons. The van der Waals surface area contributed by atoms with Crippen molar-refractivity contribution in [2.45, 2.75) is 13.8 Å². The van der Waals surface area contributed by atoms with Gasteiger partial charge in [-0.1, -0.05) is 17.7 Å². The lowest BCUT2D eigenvalue weighted by Crippen LogP contribution is -2.12. The lowest BCUT2D eigenvalue weighted by Gasteiger charge is -2.03. The van der Waals surface area contributed by atoms with Crippen molar-refractivity contribution < 1.29 is 9.90 Å². The molecule has 0 saturated heterocycles. The van der Waals surface area contributed by atoms with Gasteiger partial charge in [-0.05, 0) is 19.1 Å². The maximum atomic E-state index is 9.00. The number of hydrogen-bond donors (Lipinski definition) is 3. The van der Waals surface area contributed by atoms with Crippen molar-refractivity contribution in [2.75, 3.05) is 18.4 Å². The van der Waals surface area contributed by atoms with E-state index in [1.54, 1.807) is 0 Å². The van der Waals surface area contributed by atoms with Crippen LogP contribution in [-0.2, 0) is 4.79 Å². The molecule has 1 aromatic carbocycles. The number of carbonyl (C=O) groups is 1. The van der Waals surface area contributed by atoms with Crippen LogP contribution < -0.4 is 11.1 Å². The zero-order valence-corrected chi connectivity index (χ0v) is 9.16. The smallest absolute Gasteiger partial charge is 0.300 e. The summed E-state index contributed by atoms with van der Waals surface area (Å²) < 4.78 is 0. The molecule has 84 valence electrons. The van der Waals surface area contributed by atoms with Crippen LogP contribution in [0.25, 0.3) is 0 Å². The Hall–Kier alpha value is -1.55. The van der Waals surface area contributed by atoms with Crippen LogP contribution in [0.5, 0.6) is 0 Å². The first-order chi connectivity index (χ1) is 7.06. The molecule has 0 aliphatic heterocycles. The monoisotopic (exact) mass is 210 g/mol. The van der Waals surface area contributed by atoms with Gasteiger partial charge in [0.1, 0.15) is 0 Å². The molecule has 0 bridgehead atoms. The summed E-state index contributed by atoms with van der Waals surface area (Å²) in [5.74, 6) is -0.833. The number of benzene rings is 1. The average Bonchev–Trinajstić information content (AvgIpc) is 2.16. The largest absolute Gasteiger partial charge is 0.481 e. The van der Waals surface area contributed by atoms with Crippen molar-refractivity contribution in [2.24, 2.45) is 5.73 Å². The van der Waals surface area contributed by atoms with Gasteiger partial charge in [-0.3, -0.25) is 4.79 Å². The third kappa shape index (κ3) is 8.77. The van der Waals surface area contributed by atoms with Gasteiger partial charge in [0.05, 0.1) is 0 Å². The van der Waals surface area contributed by atoms with E-state index in [1.165, 1.54) is 5.56 Å². The maximum absolute atomic E-state index is 9.00. The number of aryl methyl sites for hydroxylation is 1. The normalized spacial score (nSPS) is 8.73. The first-order valence-corrected chi connectivity index (χ1v) is 4.76. The molecule has 0 heterocycles. The Kier molecular flexibility index (Phi) is 7.01. The van der Waals surface area contributed by atoms with E-state index in [1.807, 2.05) is 0 Å². The molecular weight excluding hydrogens is 192 g/mol. The zero-order valence-electron chi connectivity index (χ0n) is 9.16. The molecule has 15 heavy (non-hydrogen) atoms. The topological polar surface area (TPSA) is 75.3 Å². The molecule has 0 amide bonds. The quantitative estimate of drug-likeness (QED) is 0.706. The van der Waals surface area contributed by atoms with Gasteiger partial charge >= 0.3 is 0 Å². The molecule has 4 nitrogen and oxygen atoms in total. The molecule has 0 spiro atoms. The van der Waals surface area contributed by atoms with Crippen LogP contribution >= 0.6 is 0 Å². The second-order valence-corrected chi connectivity index (χ2v) is 3.10. The number of nitrogens with two attached hydrogens (primary N) is 1. The van der Waals surface area contributed by atoms with E-state index in [0.29, 0.717) is 6.54 Å². The Bertz CT molecular complexity index is 279. The predicted molar refractivity (Wildman–Crippen MR) is 62.0 cm³/mol. The van der Waals surface area contributed by atoms with Crippen LogP contribution in [-0.4, -0.2) is 24.2 Å². The standard InChI is InChI=1S/C9H14N2.C2H4O2/c1-8-2-4-9(5-3-8)11-7-6-10;1-2(3)4/h2-5,11H,6-7,10H2,1H3;1H3,(H,3,4). The summed E-state index contributed by atoms with van der Waals surface area (Å²) in [5, 5.41) is 10.6. The SMILES string of the molecule is CC(=O)O.Cc1ccc(NCCN)cc1. The van der Waals surface area contributed by atoms with Crippen LogP contribution in [0.2, 0.25) is 0 Å². The molecule has 0 saturated carbocycles. The predicted octanol–water partition coefficient (Wildman–Crippen LogP) is 1.46. The molecule has 0 atom stereocenters. The van der Waals surface area contributed by atoms with Gasteiger partial charge < -0.3 is 16.2 Å². The van der Waals surface area contributed by atoms with Crippen molar-refractivity contribution in [3.05, 3.63) is 29.8 Å². The lowest BCUT2D eigenvalue weighted by molar-refractivity contribution is -0.134. The summed E-state index contributed by atoms with van der Waals surface area (Å²) in [6.07, 6.45) is 0. The Balaban J connectivity index is 0.000000423. The Morgan fingerprint density at radius 2 is 1.87 bits per heavy atom. The van der Waals surface area contributed by atoms with E-state index in [4.69, 9.17) is 15.6 Å². The fourth-order valence-corrected chi connectivity index (χ4v) is 0.888. The van der Waals surface area contributed by atoms with Gasteiger partial charge in [0.25, 0.3) is 5.97 Å². The van der Waals surface area contributed by atoms with Gasteiger partial charge in [0, 0.05) is 25.7 Å². The van der Waals surface area contributed by atoms with E-state index < -0.39 is 5.97 Å². The number of carboxylic acids is 1. The summed E-state index contributed by atoms with van der Waals surface area (Å²) in [4.78, 5) is 9.00. The third-order valence-electron chi connectivity index (χ3n) is 1.53. The zero-order chi connectivity index (χ0) is 11.7. The fourth-order valence-electron chi connectivity index (χ4n) is 0.888. The van der Waals surface area contributed by atoms with Crippen molar-refractivity contribution in [3.63, 3.8) is 0 Å². The molecule has 4 heteroatoms. The highest BCUT2D eigenvalue weighted by Gasteiger charge is 1.87. The number of hydrogen-bond acceptors (Lipinski definition) is 3. The highest BCUT2D eigenvalue weighted by Crippen LogP contribution is 2.07. The maximum Gasteiger partial charge on any atom is 0.300 e. The lowest BCUT2D eigenvalue weighted by atomic mass is 10.2. The molecule has 0 fully saturated rings. The van der Waals surface area contributed by atoms with E-state index in [9.17, 15) is 0 Å². The first-order valence-electron chi connectivity index (χ1n) is 4.76. The van der Waals surface area contributed by atoms with Crippen molar-refractivity contribution in [3.8, 4) is 0 Å².